The summed E-state index contributed by atoms with van der Waals surface area (Å²) in [5.74, 6) is 0.887. The van der Waals surface area contributed by atoms with Crippen LogP contribution in [0.2, 0.25) is 0 Å². The number of aryl methyl sites for hydroxylation is 1. The van der Waals surface area contributed by atoms with Gasteiger partial charge < -0.3 is 4.42 Å². The number of carbonyl (C=O) groups excluding carboxylic acids is 1. The van der Waals surface area contributed by atoms with Gasteiger partial charge in [-0.25, -0.2) is 0 Å². The van der Waals surface area contributed by atoms with Crippen molar-refractivity contribution in [2.75, 3.05) is 5.32 Å². The van der Waals surface area contributed by atoms with Crippen molar-refractivity contribution < 1.29 is 9.21 Å². The molecule has 4 rings (SSSR count). The molecule has 158 valence electrons. The Bertz CT molecular complexity index is 1170. The number of fused-ring (bicyclic) bond motifs is 1. The lowest BCUT2D eigenvalue weighted by Gasteiger charge is -2.42. The third kappa shape index (κ3) is 3.86. The molecule has 7 heteroatoms. The SMILES string of the molecule is Cc1cc2c(cc1Cc1ccc(C(=O)Nc3nc(=S)[nH][nH]3)o1)C(C)(C)CCC2(C)C. The van der Waals surface area contributed by atoms with Crippen molar-refractivity contribution in [1.29, 1.82) is 0 Å². The number of aromatic amines is 2. The third-order valence-corrected chi connectivity index (χ3v) is 6.49. The maximum atomic E-state index is 12.4. The van der Waals surface area contributed by atoms with Crippen molar-refractivity contribution in [2.24, 2.45) is 0 Å². The highest BCUT2D eigenvalue weighted by Crippen LogP contribution is 2.46. The number of furan rings is 1. The number of nitrogens with zero attached hydrogens (tertiary/aromatic N) is 1. The molecule has 0 fully saturated rings. The zero-order valence-electron chi connectivity index (χ0n) is 18.1. The number of aromatic nitrogens is 3. The molecule has 1 amide bonds. The largest absolute Gasteiger partial charge is 0.456 e. The molecule has 0 radical (unpaired) electrons. The summed E-state index contributed by atoms with van der Waals surface area (Å²) in [5.41, 5.74) is 5.72. The second kappa shape index (κ2) is 7.23. The Morgan fingerprint density at radius 1 is 1.13 bits per heavy atom. The summed E-state index contributed by atoms with van der Waals surface area (Å²) in [4.78, 5) is 16.4. The van der Waals surface area contributed by atoms with Gasteiger partial charge in [0.05, 0.1) is 0 Å². The molecule has 0 spiro atoms. The molecule has 0 unspecified atom stereocenters. The maximum Gasteiger partial charge on any atom is 0.293 e. The fraction of sp³-hybridized carbons (Fsp3) is 0.435. The second-order valence-corrected chi connectivity index (χ2v) is 9.89. The molecule has 2 aromatic heterocycles. The molecule has 0 saturated heterocycles. The van der Waals surface area contributed by atoms with Crippen LogP contribution in [0.3, 0.4) is 0 Å². The second-order valence-electron chi connectivity index (χ2n) is 9.50. The molecule has 0 saturated carbocycles. The standard InChI is InChI=1S/C23H28N4O2S/c1-13-10-16-17(23(4,5)9-8-22(16,2)3)12-14(13)11-15-6-7-18(29-15)19(28)24-20-25-21(30)27-26-20/h6-7,10,12H,8-9,11H2,1-5H3,(H3,24,25,26,27,28,30). The first-order valence-corrected chi connectivity index (χ1v) is 10.7. The Morgan fingerprint density at radius 3 is 2.43 bits per heavy atom. The zero-order chi connectivity index (χ0) is 21.7. The lowest BCUT2D eigenvalue weighted by molar-refractivity contribution is 0.0994. The number of nitrogens with one attached hydrogen (secondary N) is 3. The average molecular weight is 425 g/mol. The van der Waals surface area contributed by atoms with Gasteiger partial charge in [0.25, 0.3) is 5.91 Å². The van der Waals surface area contributed by atoms with E-state index in [0.29, 0.717) is 6.42 Å². The van der Waals surface area contributed by atoms with Crippen molar-refractivity contribution in [3.8, 4) is 0 Å². The first kappa shape index (κ1) is 20.6. The van der Waals surface area contributed by atoms with Gasteiger partial charge in [0.15, 0.2) is 5.76 Å². The van der Waals surface area contributed by atoms with Gasteiger partial charge >= 0.3 is 0 Å². The van der Waals surface area contributed by atoms with E-state index < -0.39 is 0 Å². The van der Waals surface area contributed by atoms with E-state index in [1.165, 1.54) is 35.1 Å². The van der Waals surface area contributed by atoms with E-state index >= 15 is 0 Å². The van der Waals surface area contributed by atoms with Gasteiger partial charge in [-0.3, -0.25) is 20.3 Å². The normalized spacial score (nSPS) is 16.8. The van der Waals surface area contributed by atoms with E-state index in [4.69, 9.17) is 16.6 Å². The van der Waals surface area contributed by atoms with Gasteiger partial charge in [0, 0.05) is 6.42 Å². The molecule has 3 aromatic rings. The third-order valence-electron chi connectivity index (χ3n) is 6.29. The minimum atomic E-state index is -0.371. The van der Waals surface area contributed by atoms with Crippen LogP contribution < -0.4 is 5.32 Å². The molecule has 3 N–H and O–H groups in total. The van der Waals surface area contributed by atoms with Crippen molar-refractivity contribution in [3.05, 3.63) is 62.8 Å². The lowest BCUT2D eigenvalue weighted by atomic mass is 9.62. The van der Waals surface area contributed by atoms with Crippen LogP contribution >= 0.6 is 12.2 Å². The van der Waals surface area contributed by atoms with Gasteiger partial charge in [-0.2, -0.15) is 4.98 Å². The summed E-state index contributed by atoms with van der Waals surface area (Å²) >= 11 is 4.89. The van der Waals surface area contributed by atoms with Crippen molar-refractivity contribution in [1.82, 2.24) is 15.2 Å². The van der Waals surface area contributed by atoms with Crippen LogP contribution in [0.15, 0.2) is 28.7 Å². The van der Waals surface area contributed by atoms with E-state index in [1.54, 1.807) is 6.07 Å². The maximum absolute atomic E-state index is 12.4. The number of amides is 1. The van der Waals surface area contributed by atoms with Gasteiger partial charge in [0.2, 0.25) is 10.7 Å². The molecular formula is C23H28N4O2S. The Labute approximate surface area is 181 Å². The first-order valence-electron chi connectivity index (χ1n) is 10.2. The van der Waals surface area contributed by atoms with Gasteiger partial charge in [-0.15, -0.1) is 0 Å². The minimum absolute atomic E-state index is 0.158. The van der Waals surface area contributed by atoms with Crippen molar-refractivity contribution >= 4 is 24.1 Å². The molecule has 6 nitrogen and oxygen atoms in total. The van der Waals surface area contributed by atoms with Crippen LogP contribution in [0.25, 0.3) is 0 Å². The van der Waals surface area contributed by atoms with E-state index in [1.807, 2.05) is 6.07 Å². The Hall–Kier alpha value is -2.67. The van der Waals surface area contributed by atoms with Crippen LogP contribution in [0.5, 0.6) is 0 Å². The van der Waals surface area contributed by atoms with E-state index in [-0.39, 0.29) is 33.2 Å². The Balaban J connectivity index is 1.58. The van der Waals surface area contributed by atoms with Crippen LogP contribution in [-0.4, -0.2) is 21.1 Å². The molecule has 1 aliphatic carbocycles. The van der Waals surface area contributed by atoms with Gasteiger partial charge in [0.1, 0.15) is 5.76 Å². The van der Waals surface area contributed by atoms with E-state index in [0.717, 1.165) is 5.76 Å². The molecule has 30 heavy (non-hydrogen) atoms. The molecule has 0 aliphatic heterocycles. The highest BCUT2D eigenvalue weighted by molar-refractivity contribution is 7.71. The molecule has 1 aliphatic rings. The minimum Gasteiger partial charge on any atom is -0.456 e. The summed E-state index contributed by atoms with van der Waals surface area (Å²) in [6.07, 6.45) is 3.02. The van der Waals surface area contributed by atoms with Gasteiger partial charge in [-0.05, 0) is 77.2 Å². The van der Waals surface area contributed by atoms with E-state index in [9.17, 15) is 4.79 Å². The topological polar surface area (TPSA) is 86.7 Å². The monoisotopic (exact) mass is 424 g/mol. The van der Waals surface area contributed by atoms with Gasteiger partial charge in [-0.1, -0.05) is 39.8 Å². The number of hydrogen-bond donors (Lipinski definition) is 3. The quantitative estimate of drug-likeness (QED) is 0.479. The zero-order valence-corrected chi connectivity index (χ0v) is 18.9. The number of H-pyrrole nitrogens is 2. The molecule has 2 heterocycles. The van der Waals surface area contributed by atoms with E-state index in [2.05, 4.69) is 67.2 Å². The molecule has 1 aromatic carbocycles. The summed E-state index contributed by atoms with van der Waals surface area (Å²) in [7, 11) is 0. The fourth-order valence-electron chi connectivity index (χ4n) is 4.24. The lowest BCUT2D eigenvalue weighted by Crippen LogP contribution is -2.34. The first-order chi connectivity index (χ1) is 14.0. The number of rotatable bonds is 4. The van der Waals surface area contributed by atoms with Crippen LogP contribution in [0.1, 0.15) is 79.1 Å². The van der Waals surface area contributed by atoms with Crippen LogP contribution in [-0.2, 0) is 17.3 Å². The molecular weight excluding hydrogens is 396 g/mol. The summed E-state index contributed by atoms with van der Waals surface area (Å²) in [5, 5.41) is 7.96. The smallest absolute Gasteiger partial charge is 0.293 e. The van der Waals surface area contributed by atoms with Crippen LogP contribution in [0.4, 0.5) is 5.95 Å². The highest BCUT2D eigenvalue weighted by Gasteiger charge is 2.37. The number of hydrogen-bond acceptors (Lipinski definition) is 4. The summed E-state index contributed by atoms with van der Waals surface area (Å²) < 4.78 is 6.11. The predicted octanol–water partition coefficient (Wildman–Crippen LogP) is 5.56. The number of benzene rings is 1. The fourth-order valence-corrected chi connectivity index (χ4v) is 4.38. The molecule has 0 bridgehead atoms. The van der Waals surface area contributed by atoms with Crippen LogP contribution in [0, 0.1) is 11.7 Å². The predicted molar refractivity (Wildman–Crippen MR) is 120 cm³/mol. The summed E-state index contributed by atoms with van der Waals surface area (Å²) in [6.45, 7) is 11.5. The number of anilines is 1. The Morgan fingerprint density at radius 2 is 1.80 bits per heavy atom. The molecule has 0 atom stereocenters. The Kier molecular flexibility index (Phi) is 4.97. The van der Waals surface area contributed by atoms with Crippen molar-refractivity contribution in [3.63, 3.8) is 0 Å². The van der Waals surface area contributed by atoms with Crippen molar-refractivity contribution in [2.45, 2.75) is 64.7 Å². The summed E-state index contributed by atoms with van der Waals surface area (Å²) in [6, 6.07) is 8.24. The highest BCUT2D eigenvalue weighted by atomic mass is 32.1. The average Bonchev–Trinajstić information content (AvgIpc) is 3.29. The number of carbonyl (C=O) groups is 1.